The second kappa shape index (κ2) is 7.55. The Kier molecular flexibility index (Phi) is 5.45. The van der Waals surface area contributed by atoms with Crippen LogP contribution >= 0.6 is 11.3 Å². The standard InChI is InChI=1S/C22H25NO5S/c1-12-9-10-29-19(12)17-16(20(25)22(2,3)4)18(24)21(26)23(17)13-7-8-14(27-5)15(11-13)28-6/h7-11,17,24H,1-6H3. The number of amides is 1. The Balaban J connectivity index is 2.21. The predicted octanol–water partition coefficient (Wildman–Crippen LogP) is 4.59. The third kappa shape index (κ3) is 3.51. The van der Waals surface area contributed by atoms with Crippen molar-refractivity contribution >= 4 is 28.7 Å². The first-order chi connectivity index (χ1) is 13.6. The lowest BCUT2D eigenvalue weighted by molar-refractivity contribution is -0.123. The van der Waals surface area contributed by atoms with Crippen LogP contribution in [0.25, 0.3) is 0 Å². The van der Waals surface area contributed by atoms with Crippen molar-refractivity contribution in [1.29, 1.82) is 0 Å². The number of methoxy groups -OCH3 is 2. The molecule has 7 heteroatoms. The van der Waals surface area contributed by atoms with Gasteiger partial charge in [-0.2, -0.15) is 0 Å². The second-order valence-electron chi connectivity index (χ2n) is 7.93. The molecule has 0 saturated carbocycles. The van der Waals surface area contributed by atoms with Crippen LogP contribution < -0.4 is 14.4 Å². The zero-order chi connectivity index (χ0) is 21.5. The molecule has 1 aromatic heterocycles. The normalized spacial score (nSPS) is 17.1. The Morgan fingerprint density at radius 2 is 1.79 bits per heavy atom. The number of aliphatic hydroxyl groups excluding tert-OH is 1. The van der Waals surface area contributed by atoms with Gasteiger partial charge in [-0.05, 0) is 36.1 Å². The number of aryl methyl sites for hydroxylation is 1. The molecule has 0 radical (unpaired) electrons. The molecular weight excluding hydrogens is 390 g/mol. The average Bonchev–Trinajstić information content (AvgIpc) is 3.20. The van der Waals surface area contributed by atoms with E-state index in [-0.39, 0.29) is 11.4 Å². The molecule has 1 amide bonds. The lowest BCUT2D eigenvalue weighted by Gasteiger charge is -2.29. The van der Waals surface area contributed by atoms with Gasteiger partial charge >= 0.3 is 0 Å². The quantitative estimate of drug-likeness (QED) is 0.773. The van der Waals surface area contributed by atoms with Crippen molar-refractivity contribution in [3.63, 3.8) is 0 Å². The summed E-state index contributed by atoms with van der Waals surface area (Å²) in [4.78, 5) is 28.6. The zero-order valence-electron chi connectivity index (χ0n) is 17.4. The van der Waals surface area contributed by atoms with Crippen LogP contribution in [0.5, 0.6) is 11.5 Å². The first-order valence-corrected chi connectivity index (χ1v) is 10.1. The van der Waals surface area contributed by atoms with E-state index < -0.39 is 23.1 Å². The summed E-state index contributed by atoms with van der Waals surface area (Å²) in [6.45, 7) is 7.25. The molecule has 1 N–H and O–H groups in total. The van der Waals surface area contributed by atoms with E-state index in [0.29, 0.717) is 17.2 Å². The molecule has 6 nitrogen and oxygen atoms in total. The van der Waals surface area contributed by atoms with Gasteiger partial charge in [0.15, 0.2) is 23.0 Å². The van der Waals surface area contributed by atoms with Gasteiger partial charge in [0.25, 0.3) is 5.91 Å². The fraction of sp³-hybridized carbons (Fsp3) is 0.364. The maximum Gasteiger partial charge on any atom is 0.294 e. The predicted molar refractivity (Wildman–Crippen MR) is 113 cm³/mol. The lowest BCUT2D eigenvalue weighted by Crippen LogP contribution is -2.32. The molecule has 29 heavy (non-hydrogen) atoms. The Morgan fingerprint density at radius 3 is 2.31 bits per heavy atom. The summed E-state index contributed by atoms with van der Waals surface area (Å²) in [5.41, 5.74) is 0.837. The van der Waals surface area contributed by atoms with Crippen molar-refractivity contribution in [3.05, 3.63) is 51.4 Å². The number of carbonyl (C=O) groups is 2. The van der Waals surface area contributed by atoms with Crippen LogP contribution in [-0.2, 0) is 9.59 Å². The minimum absolute atomic E-state index is 0.128. The van der Waals surface area contributed by atoms with Gasteiger partial charge in [-0.15, -0.1) is 11.3 Å². The Hall–Kier alpha value is -2.80. The number of anilines is 1. The topological polar surface area (TPSA) is 76.1 Å². The molecule has 2 aromatic rings. The smallest absolute Gasteiger partial charge is 0.294 e. The van der Waals surface area contributed by atoms with Crippen molar-refractivity contribution in [1.82, 2.24) is 0 Å². The molecule has 2 heterocycles. The zero-order valence-corrected chi connectivity index (χ0v) is 18.2. The number of nitrogens with zero attached hydrogens (tertiary/aromatic N) is 1. The maximum absolute atomic E-state index is 13.2. The molecule has 0 bridgehead atoms. The fourth-order valence-electron chi connectivity index (χ4n) is 3.39. The average molecular weight is 416 g/mol. The Morgan fingerprint density at radius 1 is 1.14 bits per heavy atom. The molecule has 0 saturated heterocycles. The molecule has 154 valence electrons. The van der Waals surface area contributed by atoms with Gasteiger partial charge in [-0.25, -0.2) is 0 Å². The maximum atomic E-state index is 13.2. The number of ketones is 1. The summed E-state index contributed by atoms with van der Waals surface area (Å²) in [5.74, 6) is -0.395. The highest BCUT2D eigenvalue weighted by atomic mass is 32.1. The van der Waals surface area contributed by atoms with Crippen LogP contribution in [0, 0.1) is 12.3 Å². The first kappa shape index (κ1) is 20.9. The van der Waals surface area contributed by atoms with Crippen molar-refractivity contribution in [3.8, 4) is 11.5 Å². The van der Waals surface area contributed by atoms with Crippen molar-refractivity contribution in [2.75, 3.05) is 19.1 Å². The minimum atomic E-state index is -0.749. The minimum Gasteiger partial charge on any atom is -0.503 e. The van der Waals surface area contributed by atoms with Crippen LogP contribution in [0.15, 0.2) is 41.0 Å². The Bertz CT molecular complexity index is 999. The molecule has 0 fully saturated rings. The van der Waals surface area contributed by atoms with E-state index >= 15 is 0 Å². The van der Waals surface area contributed by atoms with Gasteiger partial charge in [-0.3, -0.25) is 14.5 Å². The number of hydrogen-bond donors (Lipinski definition) is 1. The highest BCUT2D eigenvalue weighted by Crippen LogP contribution is 2.47. The van der Waals surface area contributed by atoms with E-state index in [1.807, 2.05) is 18.4 Å². The lowest BCUT2D eigenvalue weighted by atomic mass is 9.83. The number of carbonyl (C=O) groups excluding carboxylic acids is 2. The molecular formula is C22H25NO5S. The summed E-state index contributed by atoms with van der Waals surface area (Å²) in [6.07, 6.45) is 0. The monoisotopic (exact) mass is 415 g/mol. The molecule has 1 aliphatic rings. The van der Waals surface area contributed by atoms with Crippen LogP contribution in [-0.4, -0.2) is 31.0 Å². The third-order valence-corrected chi connectivity index (χ3v) is 6.00. The van der Waals surface area contributed by atoms with Gasteiger partial charge in [0.1, 0.15) is 6.04 Å². The van der Waals surface area contributed by atoms with Crippen LogP contribution in [0.4, 0.5) is 5.69 Å². The van der Waals surface area contributed by atoms with Gasteiger partial charge in [-0.1, -0.05) is 20.8 Å². The van der Waals surface area contributed by atoms with Crippen molar-refractivity contribution < 1.29 is 24.2 Å². The molecule has 3 rings (SSSR count). The van der Waals surface area contributed by atoms with E-state index in [2.05, 4.69) is 0 Å². The third-order valence-electron chi connectivity index (χ3n) is 4.93. The molecule has 1 aliphatic heterocycles. The van der Waals surface area contributed by atoms with E-state index in [4.69, 9.17) is 9.47 Å². The largest absolute Gasteiger partial charge is 0.503 e. The SMILES string of the molecule is COc1ccc(N2C(=O)C(O)=C(C(=O)C(C)(C)C)C2c2sccc2C)cc1OC. The van der Waals surface area contributed by atoms with Crippen molar-refractivity contribution in [2.24, 2.45) is 5.41 Å². The molecule has 0 spiro atoms. The summed E-state index contributed by atoms with van der Waals surface area (Å²) in [7, 11) is 3.04. The van der Waals surface area contributed by atoms with Gasteiger partial charge in [0, 0.05) is 22.0 Å². The van der Waals surface area contributed by atoms with Crippen LogP contribution in [0.3, 0.4) is 0 Å². The summed E-state index contributed by atoms with van der Waals surface area (Å²) >= 11 is 1.45. The number of ether oxygens (including phenoxy) is 2. The number of benzene rings is 1. The Labute approximate surface area is 174 Å². The number of aliphatic hydroxyl groups is 1. The fourth-order valence-corrected chi connectivity index (χ4v) is 4.42. The van der Waals surface area contributed by atoms with Crippen LogP contribution in [0.2, 0.25) is 0 Å². The van der Waals surface area contributed by atoms with E-state index in [9.17, 15) is 14.7 Å². The van der Waals surface area contributed by atoms with E-state index in [1.54, 1.807) is 39.0 Å². The highest BCUT2D eigenvalue weighted by molar-refractivity contribution is 7.10. The van der Waals surface area contributed by atoms with Gasteiger partial charge < -0.3 is 14.6 Å². The number of rotatable bonds is 5. The number of thiophene rings is 1. The summed E-state index contributed by atoms with van der Waals surface area (Å²) in [6, 6.07) is 6.32. The molecule has 1 atom stereocenters. The summed E-state index contributed by atoms with van der Waals surface area (Å²) in [5, 5.41) is 12.6. The van der Waals surface area contributed by atoms with Crippen molar-refractivity contribution in [2.45, 2.75) is 33.7 Å². The first-order valence-electron chi connectivity index (χ1n) is 9.19. The number of Topliss-reactive ketones (excluding diaryl/α,β-unsaturated/α-hetero) is 1. The highest BCUT2D eigenvalue weighted by Gasteiger charge is 2.47. The second-order valence-corrected chi connectivity index (χ2v) is 8.87. The molecule has 0 aliphatic carbocycles. The van der Waals surface area contributed by atoms with Gasteiger partial charge in [0.2, 0.25) is 0 Å². The summed E-state index contributed by atoms with van der Waals surface area (Å²) < 4.78 is 10.7. The van der Waals surface area contributed by atoms with Gasteiger partial charge in [0.05, 0.1) is 19.8 Å². The van der Waals surface area contributed by atoms with E-state index in [1.165, 1.54) is 30.5 Å². The van der Waals surface area contributed by atoms with E-state index in [0.717, 1.165) is 10.4 Å². The number of hydrogen-bond acceptors (Lipinski definition) is 6. The molecule has 1 aromatic carbocycles. The van der Waals surface area contributed by atoms with Crippen LogP contribution in [0.1, 0.15) is 37.3 Å². The molecule has 1 unspecified atom stereocenters.